The highest BCUT2D eigenvalue weighted by atomic mass is 32.2. The van der Waals surface area contributed by atoms with Crippen LogP contribution in [0.25, 0.3) is 0 Å². The summed E-state index contributed by atoms with van der Waals surface area (Å²) in [6, 6.07) is 7.28. The molecule has 1 aromatic rings. The maximum atomic E-state index is 12.4. The number of thioether (sulfide) groups is 1. The molecule has 1 fully saturated rings. The van der Waals surface area contributed by atoms with E-state index in [9.17, 15) is 8.42 Å². The van der Waals surface area contributed by atoms with E-state index in [1.165, 1.54) is 5.56 Å². The van der Waals surface area contributed by atoms with E-state index >= 15 is 0 Å². The van der Waals surface area contributed by atoms with Gasteiger partial charge in [-0.2, -0.15) is 16.1 Å². The van der Waals surface area contributed by atoms with Crippen LogP contribution >= 0.6 is 11.8 Å². The van der Waals surface area contributed by atoms with E-state index in [1.807, 2.05) is 23.9 Å². The van der Waals surface area contributed by atoms with Gasteiger partial charge in [-0.05, 0) is 23.6 Å². The van der Waals surface area contributed by atoms with Gasteiger partial charge in [0.15, 0.2) is 0 Å². The zero-order valence-corrected chi connectivity index (χ0v) is 12.4. The number of nitrogens with zero attached hydrogens (tertiary/aromatic N) is 1. The first kappa shape index (κ1) is 13.9. The fourth-order valence-corrected chi connectivity index (χ4v) is 4.54. The molecule has 0 unspecified atom stereocenters. The van der Waals surface area contributed by atoms with Gasteiger partial charge < -0.3 is 0 Å². The molecular formula is C13H19NO2S2. The summed E-state index contributed by atoms with van der Waals surface area (Å²) in [6.07, 6.45) is 0. The molecule has 0 N–H and O–H groups in total. The zero-order chi connectivity index (χ0) is 13.2. The van der Waals surface area contributed by atoms with Crippen molar-refractivity contribution in [1.82, 2.24) is 4.31 Å². The first-order valence-corrected chi connectivity index (χ1v) is 8.79. The van der Waals surface area contributed by atoms with Crippen molar-refractivity contribution in [3.8, 4) is 0 Å². The number of rotatable bonds is 3. The summed E-state index contributed by atoms with van der Waals surface area (Å²) < 4.78 is 26.4. The zero-order valence-electron chi connectivity index (χ0n) is 10.8. The summed E-state index contributed by atoms with van der Waals surface area (Å²) in [4.78, 5) is 0.416. The van der Waals surface area contributed by atoms with E-state index in [2.05, 4.69) is 13.8 Å². The van der Waals surface area contributed by atoms with Crippen LogP contribution in [0, 0.1) is 0 Å². The third-order valence-electron chi connectivity index (χ3n) is 3.15. The molecule has 0 amide bonds. The van der Waals surface area contributed by atoms with Gasteiger partial charge in [-0.1, -0.05) is 26.0 Å². The van der Waals surface area contributed by atoms with Crippen molar-refractivity contribution in [1.29, 1.82) is 0 Å². The summed E-state index contributed by atoms with van der Waals surface area (Å²) in [5.41, 5.74) is 1.17. The lowest BCUT2D eigenvalue weighted by Crippen LogP contribution is -2.37. The second-order valence-corrected chi connectivity index (χ2v) is 7.90. The molecule has 1 aliphatic rings. The smallest absolute Gasteiger partial charge is 0.207 e. The van der Waals surface area contributed by atoms with E-state index in [0.29, 0.717) is 23.9 Å². The van der Waals surface area contributed by atoms with Gasteiger partial charge in [-0.15, -0.1) is 0 Å². The summed E-state index contributed by atoms with van der Waals surface area (Å²) in [5.74, 6) is 2.21. The van der Waals surface area contributed by atoms with Crippen molar-refractivity contribution >= 4 is 21.8 Å². The Morgan fingerprint density at radius 2 is 1.67 bits per heavy atom. The predicted molar refractivity (Wildman–Crippen MR) is 76.6 cm³/mol. The lowest BCUT2D eigenvalue weighted by molar-refractivity contribution is 0.443. The average Bonchev–Trinajstić information content (AvgIpc) is 2.40. The van der Waals surface area contributed by atoms with Gasteiger partial charge >= 0.3 is 0 Å². The van der Waals surface area contributed by atoms with E-state index in [4.69, 9.17) is 0 Å². The molecule has 0 aromatic heterocycles. The third kappa shape index (κ3) is 2.90. The molecule has 0 saturated carbocycles. The van der Waals surface area contributed by atoms with Gasteiger partial charge in [0.25, 0.3) is 0 Å². The molecule has 100 valence electrons. The molecule has 1 saturated heterocycles. The molecule has 1 heterocycles. The molecule has 0 radical (unpaired) electrons. The molecule has 18 heavy (non-hydrogen) atoms. The Hall–Kier alpha value is -0.520. The van der Waals surface area contributed by atoms with Gasteiger partial charge in [0, 0.05) is 24.6 Å². The van der Waals surface area contributed by atoms with Gasteiger partial charge in [0.2, 0.25) is 10.0 Å². The summed E-state index contributed by atoms with van der Waals surface area (Å²) in [7, 11) is -3.28. The Balaban J connectivity index is 2.23. The summed E-state index contributed by atoms with van der Waals surface area (Å²) in [5, 5.41) is 0. The van der Waals surface area contributed by atoms with Gasteiger partial charge in [-0.3, -0.25) is 0 Å². The van der Waals surface area contributed by atoms with Crippen LogP contribution in [0.15, 0.2) is 29.2 Å². The fourth-order valence-electron chi connectivity index (χ4n) is 1.96. The molecule has 0 spiro atoms. The number of hydrogen-bond acceptors (Lipinski definition) is 3. The first-order chi connectivity index (χ1) is 8.51. The Morgan fingerprint density at radius 3 is 2.17 bits per heavy atom. The summed E-state index contributed by atoms with van der Waals surface area (Å²) >= 11 is 1.81. The first-order valence-electron chi connectivity index (χ1n) is 6.19. The average molecular weight is 285 g/mol. The predicted octanol–water partition coefficient (Wildman–Crippen LogP) is 2.55. The van der Waals surface area contributed by atoms with Gasteiger partial charge in [0.1, 0.15) is 0 Å². The van der Waals surface area contributed by atoms with Crippen LogP contribution in [0.5, 0.6) is 0 Å². The minimum Gasteiger partial charge on any atom is -0.207 e. The van der Waals surface area contributed by atoms with Crippen molar-refractivity contribution in [2.75, 3.05) is 24.6 Å². The van der Waals surface area contributed by atoms with Gasteiger partial charge in [-0.25, -0.2) is 8.42 Å². The monoisotopic (exact) mass is 285 g/mol. The second kappa shape index (κ2) is 5.63. The minimum absolute atomic E-state index is 0.416. The molecule has 1 aliphatic heterocycles. The molecule has 0 aliphatic carbocycles. The number of sulfonamides is 1. The van der Waals surface area contributed by atoms with Crippen LogP contribution in [-0.2, 0) is 10.0 Å². The standard InChI is InChI=1S/C13H19NO2S2/c1-11(2)12-3-5-13(6-4-12)18(15,16)14-7-9-17-10-8-14/h3-6,11H,7-10H2,1-2H3. The highest BCUT2D eigenvalue weighted by Crippen LogP contribution is 2.22. The van der Waals surface area contributed by atoms with Crippen LogP contribution in [0.2, 0.25) is 0 Å². The highest BCUT2D eigenvalue weighted by Gasteiger charge is 2.25. The van der Waals surface area contributed by atoms with E-state index in [0.717, 1.165) is 11.5 Å². The molecular weight excluding hydrogens is 266 g/mol. The van der Waals surface area contributed by atoms with Crippen molar-refractivity contribution < 1.29 is 8.42 Å². The van der Waals surface area contributed by atoms with E-state index in [1.54, 1.807) is 16.4 Å². The SMILES string of the molecule is CC(C)c1ccc(S(=O)(=O)N2CCSCC2)cc1. The lowest BCUT2D eigenvalue weighted by Gasteiger charge is -2.25. The topological polar surface area (TPSA) is 37.4 Å². The van der Waals surface area contributed by atoms with E-state index in [-0.39, 0.29) is 0 Å². The van der Waals surface area contributed by atoms with E-state index < -0.39 is 10.0 Å². The van der Waals surface area contributed by atoms with Crippen molar-refractivity contribution in [3.05, 3.63) is 29.8 Å². The van der Waals surface area contributed by atoms with Crippen LogP contribution < -0.4 is 0 Å². The van der Waals surface area contributed by atoms with Crippen molar-refractivity contribution in [2.24, 2.45) is 0 Å². The van der Waals surface area contributed by atoms with Crippen LogP contribution in [-0.4, -0.2) is 37.3 Å². The molecule has 3 nitrogen and oxygen atoms in total. The fraction of sp³-hybridized carbons (Fsp3) is 0.538. The lowest BCUT2D eigenvalue weighted by atomic mass is 10.0. The molecule has 0 bridgehead atoms. The third-order valence-corrected chi connectivity index (χ3v) is 6.01. The molecule has 1 aromatic carbocycles. The highest BCUT2D eigenvalue weighted by molar-refractivity contribution is 7.99. The Labute approximate surface area is 114 Å². The normalized spacial score (nSPS) is 18.2. The maximum Gasteiger partial charge on any atom is 0.243 e. The van der Waals surface area contributed by atoms with Gasteiger partial charge in [0.05, 0.1) is 4.90 Å². The van der Waals surface area contributed by atoms with Crippen LogP contribution in [0.3, 0.4) is 0 Å². The molecule has 0 atom stereocenters. The van der Waals surface area contributed by atoms with Crippen molar-refractivity contribution in [3.63, 3.8) is 0 Å². The second-order valence-electron chi connectivity index (χ2n) is 4.74. The molecule has 2 rings (SSSR count). The Bertz CT molecular complexity index is 488. The Kier molecular flexibility index (Phi) is 4.35. The maximum absolute atomic E-state index is 12.4. The van der Waals surface area contributed by atoms with Crippen LogP contribution in [0.1, 0.15) is 25.3 Å². The Morgan fingerprint density at radius 1 is 1.11 bits per heavy atom. The minimum atomic E-state index is -3.28. The number of hydrogen-bond donors (Lipinski definition) is 0. The van der Waals surface area contributed by atoms with Crippen LogP contribution in [0.4, 0.5) is 0 Å². The summed E-state index contributed by atoms with van der Waals surface area (Å²) in [6.45, 7) is 5.45. The molecule has 5 heteroatoms. The largest absolute Gasteiger partial charge is 0.243 e. The number of benzene rings is 1. The quantitative estimate of drug-likeness (QED) is 0.856. The van der Waals surface area contributed by atoms with Crippen molar-refractivity contribution in [2.45, 2.75) is 24.7 Å².